The van der Waals surface area contributed by atoms with Crippen molar-refractivity contribution in [3.63, 3.8) is 0 Å². The highest BCUT2D eigenvalue weighted by Gasteiger charge is 2.23. The first kappa shape index (κ1) is 13.4. The number of nitrogens with one attached hydrogen (secondary N) is 3. The van der Waals surface area contributed by atoms with Crippen molar-refractivity contribution in [2.45, 2.75) is 32.7 Å². The summed E-state index contributed by atoms with van der Waals surface area (Å²) in [6.45, 7) is 3.93. The Kier molecular flexibility index (Phi) is 4.04. The van der Waals surface area contributed by atoms with Crippen molar-refractivity contribution in [2.24, 2.45) is 0 Å². The zero-order valence-electron chi connectivity index (χ0n) is 11.2. The summed E-state index contributed by atoms with van der Waals surface area (Å²) in [7, 11) is 0. The standard InChI is InChI=1S/C14H19N3O2/c1-9-4-3-5-12(10(9)2)17-13(18)8-15-14(19)16-11-6-7-11/h3-5,11H,6-8H2,1-2H3,(H,17,18)(H2,15,16,19). The number of aryl methyl sites for hydroxylation is 1. The molecule has 5 nitrogen and oxygen atoms in total. The van der Waals surface area contributed by atoms with E-state index >= 15 is 0 Å². The summed E-state index contributed by atoms with van der Waals surface area (Å²) in [6, 6.07) is 5.75. The number of hydrogen-bond donors (Lipinski definition) is 3. The molecule has 0 heterocycles. The molecule has 0 radical (unpaired) electrons. The van der Waals surface area contributed by atoms with Gasteiger partial charge in [0.25, 0.3) is 0 Å². The van der Waals surface area contributed by atoms with E-state index in [2.05, 4.69) is 16.0 Å². The van der Waals surface area contributed by atoms with Gasteiger partial charge in [-0.2, -0.15) is 0 Å². The van der Waals surface area contributed by atoms with E-state index in [4.69, 9.17) is 0 Å². The summed E-state index contributed by atoms with van der Waals surface area (Å²) < 4.78 is 0. The Bertz CT molecular complexity index is 495. The maximum absolute atomic E-state index is 11.7. The Morgan fingerprint density at radius 2 is 2.00 bits per heavy atom. The Balaban J connectivity index is 1.80. The Morgan fingerprint density at radius 1 is 1.26 bits per heavy atom. The first-order valence-electron chi connectivity index (χ1n) is 6.46. The summed E-state index contributed by atoms with van der Waals surface area (Å²) in [5, 5.41) is 8.10. The van der Waals surface area contributed by atoms with Crippen LogP contribution in [0, 0.1) is 13.8 Å². The molecule has 102 valence electrons. The number of rotatable bonds is 4. The molecule has 0 spiro atoms. The maximum atomic E-state index is 11.7. The molecule has 0 aromatic heterocycles. The first-order valence-corrected chi connectivity index (χ1v) is 6.46. The van der Waals surface area contributed by atoms with Gasteiger partial charge in [-0.05, 0) is 43.9 Å². The summed E-state index contributed by atoms with van der Waals surface area (Å²) >= 11 is 0. The highest BCUT2D eigenvalue weighted by Crippen LogP contribution is 2.18. The highest BCUT2D eigenvalue weighted by molar-refractivity contribution is 5.95. The molecule has 1 fully saturated rings. The van der Waals surface area contributed by atoms with E-state index in [-0.39, 0.29) is 18.5 Å². The van der Waals surface area contributed by atoms with E-state index in [9.17, 15) is 9.59 Å². The molecule has 3 amide bonds. The monoisotopic (exact) mass is 261 g/mol. The zero-order chi connectivity index (χ0) is 13.8. The van der Waals surface area contributed by atoms with Crippen LogP contribution in [0.25, 0.3) is 0 Å². The van der Waals surface area contributed by atoms with Crippen molar-refractivity contribution < 1.29 is 9.59 Å². The SMILES string of the molecule is Cc1cccc(NC(=O)CNC(=O)NC2CC2)c1C. The second-order valence-corrected chi connectivity index (χ2v) is 4.90. The lowest BCUT2D eigenvalue weighted by molar-refractivity contribution is -0.115. The molecule has 1 aliphatic rings. The Labute approximate surface area is 112 Å². The van der Waals surface area contributed by atoms with Crippen LogP contribution in [-0.4, -0.2) is 24.5 Å². The van der Waals surface area contributed by atoms with Crippen LogP contribution in [0.2, 0.25) is 0 Å². The highest BCUT2D eigenvalue weighted by atomic mass is 16.2. The zero-order valence-corrected chi connectivity index (χ0v) is 11.2. The van der Waals surface area contributed by atoms with Gasteiger partial charge < -0.3 is 16.0 Å². The van der Waals surface area contributed by atoms with E-state index in [1.807, 2.05) is 32.0 Å². The number of urea groups is 1. The van der Waals surface area contributed by atoms with E-state index < -0.39 is 0 Å². The Hall–Kier alpha value is -2.04. The fraction of sp³-hybridized carbons (Fsp3) is 0.429. The van der Waals surface area contributed by atoms with Crippen molar-refractivity contribution in [3.8, 4) is 0 Å². The number of benzene rings is 1. The lowest BCUT2D eigenvalue weighted by Gasteiger charge is -2.11. The van der Waals surface area contributed by atoms with Crippen molar-refractivity contribution >= 4 is 17.6 Å². The molecule has 3 N–H and O–H groups in total. The molecule has 19 heavy (non-hydrogen) atoms. The summed E-state index contributed by atoms with van der Waals surface area (Å²) in [5.41, 5.74) is 2.95. The third kappa shape index (κ3) is 3.98. The summed E-state index contributed by atoms with van der Waals surface area (Å²) in [6.07, 6.45) is 2.06. The molecule has 1 aromatic rings. The van der Waals surface area contributed by atoms with E-state index in [1.165, 1.54) is 0 Å². The van der Waals surface area contributed by atoms with Crippen LogP contribution in [0.5, 0.6) is 0 Å². The van der Waals surface area contributed by atoms with Crippen molar-refractivity contribution in [1.29, 1.82) is 0 Å². The molecular formula is C14H19N3O2. The quantitative estimate of drug-likeness (QED) is 0.772. The van der Waals surface area contributed by atoms with Crippen molar-refractivity contribution in [1.82, 2.24) is 10.6 Å². The number of carbonyl (C=O) groups excluding carboxylic acids is 2. The molecule has 0 atom stereocenters. The van der Waals surface area contributed by atoms with Crippen molar-refractivity contribution in [2.75, 3.05) is 11.9 Å². The molecule has 0 bridgehead atoms. The van der Waals surface area contributed by atoms with Gasteiger partial charge in [0, 0.05) is 11.7 Å². The minimum Gasteiger partial charge on any atom is -0.335 e. The van der Waals surface area contributed by atoms with Gasteiger partial charge in [-0.15, -0.1) is 0 Å². The molecular weight excluding hydrogens is 242 g/mol. The van der Waals surface area contributed by atoms with Crippen LogP contribution in [0.3, 0.4) is 0 Å². The molecule has 5 heteroatoms. The van der Waals surface area contributed by atoms with Gasteiger partial charge >= 0.3 is 6.03 Å². The largest absolute Gasteiger partial charge is 0.335 e. The molecule has 1 aromatic carbocycles. The second kappa shape index (κ2) is 5.73. The fourth-order valence-electron chi connectivity index (χ4n) is 1.71. The molecule has 0 saturated heterocycles. The average molecular weight is 261 g/mol. The van der Waals surface area contributed by atoms with Crippen LogP contribution in [-0.2, 0) is 4.79 Å². The van der Waals surface area contributed by atoms with Gasteiger partial charge in [-0.3, -0.25) is 4.79 Å². The van der Waals surface area contributed by atoms with Gasteiger partial charge in [0.1, 0.15) is 0 Å². The smallest absolute Gasteiger partial charge is 0.315 e. The van der Waals surface area contributed by atoms with Gasteiger partial charge in [0.15, 0.2) is 0 Å². The van der Waals surface area contributed by atoms with Crippen LogP contribution in [0.1, 0.15) is 24.0 Å². The minimum absolute atomic E-state index is 0.0219. The molecule has 1 saturated carbocycles. The van der Waals surface area contributed by atoms with Crippen LogP contribution >= 0.6 is 0 Å². The third-order valence-electron chi connectivity index (χ3n) is 3.20. The Morgan fingerprint density at radius 3 is 2.68 bits per heavy atom. The third-order valence-corrected chi connectivity index (χ3v) is 3.20. The molecule has 2 rings (SSSR count). The summed E-state index contributed by atoms with van der Waals surface area (Å²) in [4.78, 5) is 23.1. The van der Waals surface area contributed by atoms with Gasteiger partial charge in [0.2, 0.25) is 5.91 Å². The van der Waals surface area contributed by atoms with Crippen LogP contribution in [0.15, 0.2) is 18.2 Å². The summed E-state index contributed by atoms with van der Waals surface area (Å²) in [5.74, 6) is -0.223. The predicted octanol–water partition coefficient (Wildman–Crippen LogP) is 1.70. The molecule has 0 aliphatic heterocycles. The first-order chi connectivity index (χ1) is 9.06. The van der Waals surface area contributed by atoms with Crippen LogP contribution < -0.4 is 16.0 Å². The molecule has 1 aliphatic carbocycles. The molecule has 0 unspecified atom stereocenters. The number of anilines is 1. The average Bonchev–Trinajstić information content (AvgIpc) is 3.16. The lowest BCUT2D eigenvalue weighted by Crippen LogP contribution is -2.40. The normalized spacial score (nSPS) is 13.8. The van der Waals surface area contributed by atoms with Gasteiger partial charge in [-0.25, -0.2) is 4.79 Å². The van der Waals surface area contributed by atoms with E-state index in [0.29, 0.717) is 6.04 Å². The maximum Gasteiger partial charge on any atom is 0.315 e. The predicted molar refractivity (Wildman–Crippen MR) is 74.1 cm³/mol. The number of amides is 3. The van der Waals surface area contributed by atoms with Crippen molar-refractivity contribution in [3.05, 3.63) is 29.3 Å². The number of carbonyl (C=O) groups is 2. The van der Waals surface area contributed by atoms with E-state index in [0.717, 1.165) is 29.7 Å². The lowest BCUT2D eigenvalue weighted by atomic mass is 10.1. The minimum atomic E-state index is -0.279. The van der Waals surface area contributed by atoms with Gasteiger partial charge in [-0.1, -0.05) is 12.1 Å². The second-order valence-electron chi connectivity index (χ2n) is 4.90. The van der Waals surface area contributed by atoms with Crippen LogP contribution in [0.4, 0.5) is 10.5 Å². The fourth-order valence-corrected chi connectivity index (χ4v) is 1.71. The number of hydrogen-bond acceptors (Lipinski definition) is 2. The topological polar surface area (TPSA) is 70.2 Å². The van der Waals surface area contributed by atoms with Gasteiger partial charge in [0.05, 0.1) is 6.54 Å². The van der Waals surface area contributed by atoms with E-state index in [1.54, 1.807) is 0 Å².